The molecule has 0 saturated carbocycles. The maximum atomic E-state index is 12.3. The summed E-state index contributed by atoms with van der Waals surface area (Å²) in [4.78, 5) is 25.3. The largest absolute Gasteiger partial charge is 0.462 e. The summed E-state index contributed by atoms with van der Waals surface area (Å²) in [5.41, 5.74) is 0.411. The molecule has 2 aromatic heterocycles. The van der Waals surface area contributed by atoms with Crippen LogP contribution in [-0.2, 0) is 16.0 Å². The van der Waals surface area contributed by atoms with Crippen LogP contribution in [0, 0.1) is 0 Å². The van der Waals surface area contributed by atoms with Gasteiger partial charge in [-0.3, -0.25) is 4.79 Å². The smallest absolute Gasteiger partial charge is 0.341 e. The summed E-state index contributed by atoms with van der Waals surface area (Å²) >= 11 is 4.14. The average Bonchev–Trinajstić information content (AvgIpc) is 3.25. The molecule has 0 saturated heterocycles. The molecule has 1 amide bonds. The minimum absolute atomic E-state index is 0.191. The Morgan fingerprint density at radius 2 is 2.04 bits per heavy atom. The Morgan fingerprint density at radius 1 is 1.23 bits per heavy atom. The number of rotatable bonds is 10. The molecular formula is C16H22N4O3S3. The molecule has 0 radical (unpaired) electrons. The van der Waals surface area contributed by atoms with Crippen molar-refractivity contribution in [2.45, 2.75) is 38.0 Å². The van der Waals surface area contributed by atoms with Crippen molar-refractivity contribution >= 4 is 56.4 Å². The third-order valence-corrected chi connectivity index (χ3v) is 6.35. The molecule has 7 nitrogen and oxygen atoms in total. The highest BCUT2D eigenvalue weighted by molar-refractivity contribution is 8.01. The second-order valence-corrected chi connectivity index (χ2v) is 8.50. The van der Waals surface area contributed by atoms with Crippen molar-refractivity contribution in [1.82, 2.24) is 10.2 Å². The quantitative estimate of drug-likeness (QED) is 0.450. The average molecular weight is 415 g/mol. The summed E-state index contributed by atoms with van der Waals surface area (Å²) in [5.74, 6) is -0.408. The zero-order valence-electron chi connectivity index (χ0n) is 15.0. The molecule has 0 aliphatic heterocycles. The molecule has 2 aromatic rings. The van der Waals surface area contributed by atoms with Gasteiger partial charge < -0.3 is 15.4 Å². The number of hydrogen-bond acceptors (Lipinski definition) is 9. The van der Waals surface area contributed by atoms with Crippen LogP contribution in [0.3, 0.4) is 0 Å². The molecule has 10 heteroatoms. The van der Waals surface area contributed by atoms with Gasteiger partial charge in [-0.05, 0) is 25.8 Å². The first kappa shape index (κ1) is 20.7. The number of aryl methyl sites for hydroxylation is 1. The third kappa shape index (κ3) is 5.96. The van der Waals surface area contributed by atoms with E-state index in [1.807, 2.05) is 6.92 Å². The van der Waals surface area contributed by atoms with E-state index in [-0.39, 0.29) is 11.7 Å². The van der Waals surface area contributed by atoms with Crippen LogP contribution in [0.15, 0.2) is 10.4 Å². The Hall–Kier alpha value is -1.65. The number of thiophene rings is 1. The lowest BCUT2D eigenvalue weighted by atomic mass is 10.2. The van der Waals surface area contributed by atoms with Crippen molar-refractivity contribution in [2.75, 3.05) is 29.5 Å². The van der Waals surface area contributed by atoms with Crippen LogP contribution in [0.2, 0.25) is 0 Å². The normalized spacial score (nSPS) is 10.6. The maximum absolute atomic E-state index is 12.3. The van der Waals surface area contributed by atoms with Crippen LogP contribution in [0.4, 0.5) is 10.1 Å². The number of aromatic nitrogens is 2. The fourth-order valence-corrected chi connectivity index (χ4v) is 4.51. The molecule has 2 N–H and O–H groups in total. The lowest BCUT2D eigenvalue weighted by Gasteiger charge is -2.05. The third-order valence-electron chi connectivity index (χ3n) is 3.14. The summed E-state index contributed by atoms with van der Waals surface area (Å²) in [5, 5.41) is 15.4. The highest BCUT2D eigenvalue weighted by Gasteiger charge is 2.19. The standard InChI is InChI=1S/C16H22N4O3S3/c1-4-7-17-15-19-20-16(26-15)24-9-12(21)18-13-11(14(22)23-6-3)8-10(5-2)25-13/h8H,4-7,9H2,1-3H3,(H,17,19)(H,18,21). The molecule has 2 rings (SSSR count). The molecule has 0 aliphatic rings. The Labute approximate surface area is 164 Å². The zero-order valence-corrected chi connectivity index (χ0v) is 17.4. The minimum Gasteiger partial charge on any atom is -0.462 e. The summed E-state index contributed by atoms with van der Waals surface area (Å²) < 4.78 is 5.79. The number of nitrogens with one attached hydrogen (secondary N) is 2. The van der Waals surface area contributed by atoms with Gasteiger partial charge in [0, 0.05) is 11.4 Å². The van der Waals surface area contributed by atoms with Crippen molar-refractivity contribution < 1.29 is 14.3 Å². The van der Waals surface area contributed by atoms with Gasteiger partial charge in [0.15, 0.2) is 4.34 Å². The van der Waals surface area contributed by atoms with Gasteiger partial charge in [-0.25, -0.2) is 4.79 Å². The number of hydrogen-bond donors (Lipinski definition) is 2. The Balaban J connectivity index is 1.93. The van der Waals surface area contributed by atoms with Gasteiger partial charge in [-0.15, -0.1) is 21.5 Å². The van der Waals surface area contributed by atoms with Crippen molar-refractivity contribution in [1.29, 1.82) is 0 Å². The van der Waals surface area contributed by atoms with Crippen LogP contribution < -0.4 is 10.6 Å². The molecule has 0 aliphatic carbocycles. The van der Waals surface area contributed by atoms with Crippen LogP contribution in [0.25, 0.3) is 0 Å². The predicted octanol–water partition coefficient (Wildman–Crippen LogP) is 3.89. The predicted molar refractivity (Wildman–Crippen MR) is 108 cm³/mol. The maximum Gasteiger partial charge on any atom is 0.341 e. The minimum atomic E-state index is -0.415. The summed E-state index contributed by atoms with van der Waals surface area (Å²) in [6, 6.07) is 1.78. The number of anilines is 2. The lowest BCUT2D eigenvalue weighted by Crippen LogP contribution is -2.15. The SMILES string of the molecule is CCCNc1nnc(SCC(=O)Nc2sc(CC)cc2C(=O)OCC)s1. The fraction of sp³-hybridized carbons (Fsp3) is 0.500. The lowest BCUT2D eigenvalue weighted by molar-refractivity contribution is -0.113. The second-order valence-electron chi connectivity index (χ2n) is 5.17. The molecule has 26 heavy (non-hydrogen) atoms. The molecule has 142 valence electrons. The van der Waals surface area contributed by atoms with Gasteiger partial charge >= 0.3 is 5.97 Å². The Kier molecular flexibility index (Phi) is 8.33. The van der Waals surface area contributed by atoms with Crippen molar-refractivity contribution in [3.8, 4) is 0 Å². The molecule has 0 fully saturated rings. The molecule has 2 heterocycles. The Bertz CT molecular complexity index is 745. The van der Waals surface area contributed by atoms with E-state index in [9.17, 15) is 9.59 Å². The number of thioether (sulfide) groups is 1. The Morgan fingerprint density at radius 3 is 2.73 bits per heavy atom. The van der Waals surface area contributed by atoms with Gasteiger partial charge in [-0.2, -0.15) is 0 Å². The topological polar surface area (TPSA) is 93.2 Å². The van der Waals surface area contributed by atoms with Gasteiger partial charge in [0.1, 0.15) is 5.00 Å². The van der Waals surface area contributed by atoms with Crippen molar-refractivity contribution in [2.24, 2.45) is 0 Å². The highest BCUT2D eigenvalue weighted by Crippen LogP contribution is 2.30. The first-order valence-electron chi connectivity index (χ1n) is 8.37. The summed E-state index contributed by atoms with van der Waals surface area (Å²) in [7, 11) is 0. The number of carbonyl (C=O) groups excluding carboxylic acids is 2. The second kappa shape index (κ2) is 10.5. The molecule has 0 unspecified atom stereocenters. The first-order chi connectivity index (χ1) is 12.6. The summed E-state index contributed by atoms with van der Waals surface area (Å²) in [6.07, 6.45) is 1.80. The number of carbonyl (C=O) groups is 2. The van der Waals surface area contributed by atoms with E-state index in [4.69, 9.17) is 4.74 Å². The summed E-state index contributed by atoms with van der Waals surface area (Å²) in [6.45, 7) is 6.97. The number of nitrogens with zero attached hydrogens (tertiary/aromatic N) is 2. The van der Waals surface area contributed by atoms with Crippen LogP contribution in [0.1, 0.15) is 42.4 Å². The van der Waals surface area contributed by atoms with Crippen LogP contribution in [-0.4, -0.2) is 41.0 Å². The number of ether oxygens (including phenoxy) is 1. The van der Waals surface area contributed by atoms with Gasteiger partial charge in [0.25, 0.3) is 0 Å². The van der Waals surface area contributed by atoms with E-state index in [0.29, 0.717) is 17.2 Å². The molecule has 0 bridgehead atoms. The first-order valence-corrected chi connectivity index (χ1v) is 11.0. The zero-order chi connectivity index (χ0) is 18.9. The van der Waals surface area contributed by atoms with E-state index in [1.54, 1.807) is 13.0 Å². The van der Waals surface area contributed by atoms with E-state index in [0.717, 1.165) is 33.7 Å². The van der Waals surface area contributed by atoms with Gasteiger partial charge in [-0.1, -0.05) is 36.9 Å². The highest BCUT2D eigenvalue weighted by atomic mass is 32.2. The molecule has 0 aromatic carbocycles. The van der Waals surface area contributed by atoms with E-state index >= 15 is 0 Å². The molecular weight excluding hydrogens is 392 g/mol. The number of amides is 1. The van der Waals surface area contributed by atoms with E-state index < -0.39 is 5.97 Å². The van der Waals surface area contributed by atoms with E-state index in [1.165, 1.54) is 34.4 Å². The van der Waals surface area contributed by atoms with Crippen molar-refractivity contribution in [3.05, 3.63) is 16.5 Å². The van der Waals surface area contributed by atoms with Gasteiger partial charge in [0.2, 0.25) is 11.0 Å². The van der Waals surface area contributed by atoms with Gasteiger partial charge in [0.05, 0.1) is 17.9 Å². The molecule has 0 spiro atoms. The fourth-order valence-electron chi connectivity index (χ4n) is 1.93. The van der Waals surface area contributed by atoms with Crippen LogP contribution >= 0.6 is 34.4 Å². The number of esters is 1. The van der Waals surface area contributed by atoms with E-state index in [2.05, 4.69) is 27.8 Å². The monoisotopic (exact) mass is 414 g/mol. The van der Waals surface area contributed by atoms with Crippen molar-refractivity contribution in [3.63, 3.8) is 0 Å². The molecule has 0 atom stereocenters. The van der Waals surface area contributed by atoms with Crippen LogP contribution in [0.5, 0.6) is 0 Å².